The van der Waals surface area contributed by atoms with Crippen molar-refractivity contribution in [2.75, 3.05) is 19.0 Å². The van der Waals surface area contributed by atoms with Gasteiger partial charge in [-0.3, -0.25) is 4.79 Å². The molecule has 21 heavy (non-hydrogen) atoms. The third-order valence-electron chi connectivity index (χ3n) is 2.65. The number of anilines is 1. The molecule has 0 atom stereocenters. The van der Waals surface area contributed by atoms with Gasteiger partial charge >= 0.3 is 5.97 Å². The van der Waals surface area contributed by atoms with E-state index in [2.05, 4.69) is 5.32 Å². The Labute approximate surface area is 130 Å². The predicted octanol–water partition coefficient (Wildman–Crippen LogP) is 3.56. The molecule has 0 radical (unpaired) electrons. The number of aryl methyl sites for hydroxylation is 1. The van der Waals surface area contributed by atoms with E-state index in [1.165, 1.54) is 22.7 Å². The molecule has 0 spiro atoms. The standard InChI is InChI=1S/C14H15NO4S2/c1-4-19-14(17)12-8(2)5-11(21-12)15-13(16)10-6-9(18-3)7-20-10/h5-7H,4H2,1-3H3,(H,15,16). The van der Waals surface area contributed by atoms with Crippen molar-refractivity contribution in [3.8, 4) is 5.75 Å². The van der Waals surface area contributed by atoms with E-state index < -0.39 is 0 Å². The summed E-state index contributed by atoms with van der Waals surface area (Å²) >= 11 is 2.51. The Morgan fingerprint density at radius 1 is 1.33 bits per heavy atom. The third kappa shape index (κ3) is 3.62. The summed E-state index contributed by atoms with van der Waals surface area (Å²) in [7, 11) is 1.55. The van der Waals surface area contributed by atoms with E-state index in [1.807, 2.05) is 6.92 Å². The highest BCUT2D eigenvalue weighted by Gasteiger charge is 2.17. The predicted molar refractivity (Wildman–Crippen MR) is 83.8 cm³/mol. The van der Waals surface area contributed by atoms with Crippen LogP contribution in [0, 0.1) is 6.92 Å². The second kappa shape index (κ2) is 6.73. The van der Waals surface area contributed by atoms with Crippen molar-refractivity contribution in [3.63, 3.8) is 0 Å². The summed E-state index contributed by atoms with van der Waals surface area (Å²) in [5.74, 6) is 0.0676. The van der Waals surface area contributed by atoms with Crippen LogP contribution in [-0.4, -0.2) is 25.6 Å². The summed E-state index contributed by atoms with van der Waals surface area (Å²) in [5, 5.41) is 5.16. The topological polar surface area (TPSA) is 64.6 Å². The van der Waals surface area contributed by atoms with Crippen LogP contribution < -0.4 is 10.1 Å². The Bertz CT molecular complexity index is 660. The fourth-order valence-electron chi connectivity index (χ4n) is 1.66. The molecule has 0 fully saturated rings. The number of carbonyl (C=O) groups excluding carboxylic acids is 2. The number of rotatable bonds is 5. The molecule has 2 rings (SSSR count). The largest absolute Gasteiger partial charge is 0.496 e. The lowest BCUT2D eigenvalue weighted by atomic mass is 10.3. The highest BCUT2D eigenvalue weighted by molar-refractivity contribution is 7.18. The van der Waals surface area contributed by atoms with Crippen LogP contribution in [0.15, 0.2) is 17.5 Å². The molecule has 0 unspecified atom stereocenters. The van der Waals surface area contributed by atoms with Gasteiger partial charge in [-0.15, -0.1) is 22.7 Å². The summed E-state index contributed by atoms with van der Waals surface area (Å²) in [6.07, 6.45) is 0. The normalized spacial score (nSPS) is 10.2. The SMILES string of the molecule is CCOC(=O)c1sc(NC(=O)c2cc(OC)cs2)cc1C. The van der Waals surface area contributed by atoms with Crippen LogP contribution >= 0.6 is 22.7 Å². The van der Waals surface area contributed by atoms with Crippen LogP contribution in [0.4, 0.5) is 5.00 Å². The van der Waals surface area contributed by atoms with Gasteiger partial charge in [-0.05, 0) is 25.5 Å². The van der Waals surface area contributed by atoms with E-state index in [1.54, 1.807) is 31.5 Å². The first-order valence-electron chi connectivity index (χ1n) is 6.26. The third-order valence-corrected chi connectivity index (χ3v) is 4.69. The molecule has 0 saturated heterocycles. The lowest BCUT2D eigenvalue weighted by Gasteiger charge is -2.00. The van der Waals surface area contributed by atoms with E-state index in [0.717, 1.165) is 5.56 Å². The van der Waals surface area contributed by atoms with Crippen molar-refractivity contribution >= 4 is 39.6 Å². The Morgan fingerprint density at radius 2 is 2.10 bits per heavy atom. The first kappa shape index (κ1) is 15.5. The zero-order valence-electron chi connectivity index (χ0n) is 11.9. The molecule has 0 aliphatic heterocycles. The molecule has 0 aliphatic rings. The van der Waals surface area contributed by atoms with Gasteiger partial charge in [-0.1, -0.05) is 0 Å². The van der Waals surface area contributed by atoms with E-state index >= 15 is 0 Å². The number of nitrogens with one attached hydrogen (secondary N) is 1. The van der Waals surface area contributed by atoms with E-state index in [-0.39, 0.29) is 11.9 Å². The molecule has 5 nitrogen and oxygen atoms in total. The molecular weight excluding hydrogens is 310 g/mol. The zero-order chi connectivity index (χ0) is 15.4. The van der Waals surface area contributed by atoms with Crippen molar-refractivity contribution in [1.82, 2.24) is 0 Å². The summed E-state index contributed by atoms with van der Waals surface area (Å²) in [6, 6.07) is 3.44. The molecule has 1 N–H and O–H groups in total. The maximum atomic E-state index is 12.1. The van der Waals surface area contributed by atoms with Crippen LogP contribution in [0.2, 0.25) is 0 Å². The van der Waals surface area contributed by atoms with Gasteiger partial charge in [0.05, 0.1) is 23.6 Å². The van der Waals surface area contributed by atoms with Crippen LogP contribution in [0.25, 0.3) is 0 Å². The van der Waals surface area contributed by atoms with E-state index in [0.29, 0.717) is 27.1 Å². The summed E-state index contributed by atoms with van der Waals surface area (Å²) in [4.78, 5) is 24.9. The van der Waals surface area contributed by atoms with Crippen molar-refractivity contribution in [1.29, 1.82) is 0 Å². The molecule has 0 saturated carbocycles. The second-order valence-corrected chi connectivity index (χ2v) is 6.11. The smallest absolute Gasteiger partial charge is 0.348 e. The number of amides is 1. The van der Waals surface area contributed by atoms with Crippen LogP contribution in [0.1, 0.15) is 31.8 Å². The van der Waals surface area contributed by atoms with Gasteiger partial charge in [-0.2, -0.15) is 0 Å². The molecular formula is C14H15NO4S2. The van der Waals surface area contributed by atoms with Gasteiger partial charge < -0.3 is 14.8 Å². The molecule has 2 aromatic rings. The number of ether oxygens (including phenoxy) is 2. The molecule has 1 amide bonds. The summed E-state index contributed by atoms with van der Waals surface area (Å²) in [6.45, 7) is 3.90. The number of esters is 1. The van der Waals surface area contributed by atoms with E-state index in [4.69, 9.17) is 9.47 Å². The first-order valence-corrected chi connectivity index (χ1v) is 7.96. The highest BCUT2D eigenvalue weighted by atomic mass is 32.1. The lowest BCUT2D eigenvalue weighted by molar-refractivity contribution is 0.0531. The Kier molecular flexibility index (Phi) is 4.98. The van der Waals surface area contributed by atoms with Crippen molar-refractivity contribution in [2.45, 2.75) is 13.8 Å². The Balaban J connectivity index is 2.11. The fraction of sp³-hybridized carbons (Fsp3) is 0.286. The van der Waals surface area contributed by atoms with Gasteiger partial charge in [0.15, 0.2) is 0 Å². The maximum absolute atomic E-state index is 12.1. The van der Waals surface area contributed by atoms with Gasteiger partial charge in [0.2, 0.25) is 0 Å². The number of methoxy groups -OCH3 is 1. The minimum atomic E-state index is -0.363. The van der Waals surface area contributed by atoms with Crippen LogP contribution in [0.3, 0.4) is 0 Å². The molecule has 112 valence electrons. The first-order chi connectivity index (χ1) is 10.0. The number of hydrogen-bond acceptors (Lipinski definition) is 6. The molecule has 7 heteroatoms. The Hall–Kier alpha value is -1.86. The quantitative estimate of drug-likeness (QED) is 0.854. The molecule has 0 aliphatic carbocycles. The molecule has 2 aromatic heterocycles. The Morgan fingerprint density at radius 3 is 2.71 bits per heavy atom. The van der Waals surface area contributed by atoms with Crippen molar-refractivity contribution in [3.05, 3.63) is 32.8 Å². The summed E-state index contributed by atoms with van der Waals surface area (Å²) < 4.78 is 10.0. The number of thiophene rings is 2. The van der Waals surface area contributed by atoms with E-state index in [9.17, 15) is 9.59 Å². The van der Waals surface area contributed by atoms with Crippen LogP contribution in [0.5, 0.6) is 5.75 Å². The highest BCUT2D eigenvalue weighted by Crippen LogP contribution is 2.29. The monoisotopic (exact) mass is 325 g/mol. The maximum Gasteiger partial charge on any atom is 0.348 e. The second-order valence-electron chi connectivity index (χ2n) is 4.15. The number of hydrogen-bond donors (Lipinski definition) is 1. The molecule has 0 aromatic carbocycles. The van der Waals surface area contributed by atoms with Gasteiger partial charge in [0.1, 0.15) is 10.6 Å². The fourth-order valence-corrected chi connectivity index (χ4v) is 3.37. The van der Waals surface area contributed by atoms with Gasteiger partial charge in [-0.25, -0.2) is 4.79 Å². The average Bonchev–Trinajstić information content (AvgIpc) is 3.05. The summed E-state index contributed by atoms with van der Waals surface area (Å²) in [5.41, 5.74) is 0.789. The molecule has 2 heterocycles. The minimum absolute atomic E-state index is 0.222. The average molecular weight is 325 g/mol. The molecule has 0 bridgehead atoms. The van der Waals surface area contributed by atoms with Crippen LogP contribution in [-0.2, 0) is 4.74 Å². The zero-order valence-corrected chi connectivity index (χ0v) is 13.5. The van der Waals surface area contributed by atoms with Gasteiger partial charge in [0, 0.05) is 11.4 Å². The number of carbonyl (C=O) groups is 2. The van der Waals surface area contributed by atoms with Gasteiger partial charge in [0.25, 0.3) is 5.91 Å². The van der Waals surface area contributed by atoms with Crippen molar-refractivity contribution < 1.29 is 19.1 Å². The van der Waals surface area contributed by atoms with Crippen molar-refractivity contribution in [2.24, 2.45) is 0 Å². The lowest BCUT2D eigenvalue weighted by Crippen LogP contribution is -2.08. The minimum Gasteiger partial charge on any atom is -0.496 e.